The summed E-state index contributed by atoms with van der Waals surface area (Å²) in [6, 6.07) is 43.0. The minimum Gasteiger partial charge on any atom is -0.458 e. The fourth-order valence-corrected chi connectivity index (χ4v) is 13.2. The molecule has 7 aromatic carbocycles. The van der Waals surface area contributed by atoms with E-state index in [2.05, 4.69) is 0 Å². The average molecular weight is 1280 g/mol. The van der Waals surface area contributed by atoms with E-state index in [0.717, 1.165) is 34.8 Å². The van der Waals surface area contributed by atoms with E-state index in [1.165, 1.54) is 36.4 Å². The lowest BCUT2D eigenvalue weighted by molar-refractivity contribution is -0.185. The number of esters is 4. The number of benzene rings is 7. The molecule has 2 aliphatic carbocycles. The lowest BCUT2D eigenvalue weighted by Crippen LogP contribution is -2.54. The molecule has 0 N–H and O–H groups in total. The maximum Gasteiger partial charge on any atom is 0.416 e. The third-order valence-corrected chi connectivity index (χ3v) is 17.8. The Morgan fingerprint density at radius 1 is 0.380 bits per heavy atom. The Balaban J connectivity index is 1.06. The first-order chi connectivity index (χ1) is 44.1. The molecular weight excluding hydrogens is 1240 g/mol. The lowest BCUT2D eigenvalue weighted by atomic mass is 9.78. The third kappa shape index (κ3) is 10.6. The maximum absolute atomic E-state index is 15.6. The van der Waals surface area contributed by atoms with Gasteiger partial charge in [-0.25, -0.2) is 19.2 Å². The molecule has 0 saturated heterocycles. The monoisotopic (exact) mass is 1280 g/mol. The number of Topliss-reactive ketones (excluding diaryl/α,β-unsaturated/α-hetero) is 4. The van der Waals surface area contributed by atoms with Crippen molar-refractivity contribution in [3.63, 3.8) is 0 Å². The van der Waals surface area contributed by atoms with Crippen LogP contribution >= 0.6 is 22.7 Å². The number of halogens is 6. The van der Waals surface area contributed by atoms with Crippen LogP contribution in [0.4, 0.5) is 26.3 Å². The van der Waals surface area contributed by atoms with Gasteiger partial charge in [-0.15, -0.1) is 22.7 Å². The number of carbonyl (C=O) groups excluding carboxylic acids is 8. The zero-order valence-corrected chi connectivity index (χ0v) is 48.7. The molecule has 14 nitrogen and oxygen atoms in total. The predicted octanol–water partition coefficient (Wildman–Crippen LogP) is 13.9. The van der Waals surface area contributed by atoms with Crippen molar-refractivity contribution in [3.8, 4) is 32.4 Å². The molecule has 0 fully saturated rings. The van der Waals surface area contributed by atoms with Crippen LogP contribution in [0, 0.1) is 0 Å². The number of ketones is 4. The molecule has 0 atom stereocenters. The first kappa shape index (κ1) is 60.1. The van der Waals surface area contributed by atoms with Crippen LogP contribution in [0.2, 0.25) is 0 Å². The molecule has 0 bridgehead atoms. The highest BCUT2D eigenvalue weighted by Crippen LogP contribution is 2.58. The van der Waals surface area contributed by atoms with Gasteiger partial charge in [0.1, 0.15) is 37.9 Å². The number of thiophene rings is 2. The number of fused-ring (bicyclic) bond motifs is 8. The molecule has 0 radical (unpaired) electrons. The molecule has 0 unspecified atom stereocenters. The molecular formula is C70H40F6O14S2. The summed E-state index contributed by atoms with van der Waals surface area (Å²) in [6.07, 6.45) is -7.31. The number of alkyl halides is 6. The topological polar surface area (TPSA) is 192 Å². The largest absolute Gasteiger partial charge is 0.458 e. The van der Waals surface area contributed by atoms with E-state index in [1.807, 2.05) is 0 Å². The van der Waals surface area contributed by atoms with E-state index in [9.17, 15) is 45.5 Å². The van der Waals surface area contributed by atoms with Gasteiger partial charge in [-0.2, -0.15) is 26.3 Å². The molecule has 0 saturated carbocycles. The first-order valence-corrected chi connectivity index (χ1v) is 29.5. The highest BCUT2D eigenvalue weighted by Gasteiger charge is 2.62. The Morgan fingerprint density at radius 3 is 0.978 bits per heavy atom. The fourth-order valence-electron chi connectivity index (χ4n) is 11.1. The van der Waals surface area contributed by atoms with Gasteiger partial charge in [-0.3, -0.25) is 19.2 Å². The molecule has 2 aliphatic heterocycles. The van der Waals surface area contributed by atoms with Crippen molar-refractivity contribution < 1.29 is 93.1 Å². The maximum atomic E-state index is 15.6. The summed E-state index contributed by atoms with van der Waals surface area (Å²) in [6.45, 7) is -1.82. The van der Waals surface area contributed by atoms with E-state index in [-0.39, 0.29) is 75.5 Å². The summed E-state index contributed by atoms with van der Waals surface area (Å²) >= 11 is 1.67. The van der Waals surface area contributed by atoms with Gasteiger partial charge >= 0.3 is 47.4 Å². The molecule has 9 aromatic rings. The van der Waals surface area contributed by atoms with Crippen LogP contribution in [0.15, 0.2) is 182 Å². The van der Waals surface area contributed by atoms with E-state index in [4.69, 9.17) is 28.4 Å². The molecule has 2 aromatic heterocycles. The lowest BCUT2D eigenvalue weighted by Gasteiger charge is -2.39. The molecule has 0 spiro atoms. The van der Waals surface area contributed by atoms with Gasteiger partial charge < -0.3 is 28.4 Å². The highest BCUT2D eigenvalue weighted by atomic mass is 32.1. The molecule has 4 heterocycles. The van der Waals surface area contributed by atoms with Crippen molar-refractivity contribution in [3.05, 3.63) is 259 Å². The molecule has 13 rings (SSSR count). The van der Waals surface area contributed by atoms with Crippen LogP contribution < -0.4 is 9.47 Å². The summed E-state index contributed by atoms with van der Waals surface area (Å²) in [5.41, 5.74) is -9.44. The van der Waals surface area contributed by atoms with Gasteiger partial charge in [0.15, 0.2) is 0 Å². The molecule has 0 amide bonds. The van der Waals surface area contributed by atoms with E-state index >= 15 is 19.2 Å². The van der Waals surface area contributed by atoms with Gasteiger partial charge in [0, 0.05) is 54.3 Å². The Kier molecular flexibility index (Phi) is 15.1. The zero-order valence-electron chi connectivity index (χ0n) is 47.1. The molecule has 92 heavy (non-hydrogen) atoms. The van der Waals surface area contributed by atoms with E-state index < -0.39 is 119 Å². The van der Waals surface area contributed by atoms with Crippen molar-refractivity contribution in [1.82, 2.24) is 0 Å². The summed E-state index contributed by atoms with van der Waals surface area (Å²) < 4.78 is 121. The van der Waals surface area contributed by atoms with E-state index in [0.29, 0.717) is 46.5 Å². The van der Waals surface area contributed by atoms with Crippen molar-refractivity contribution in [2.45, 2.75) is 50.0 Å². The predicted molar refractivity (Wildman–Crippen MR) is 320 cm³/mol. The van der Waals surface area contributed by atoms with Crippen LogP contribution in [-0.2, 0) is 97.7 Å². The molecule has 458 valence electrons. The quantitative estimate of drug-likeness (QED) is 0.0249. The van der Waals surface area contributed by atoms with Gasteiger partial charge in [-0.1, -0.05) is 133 Å². The fraction of sp³-hybridized carbons (Fsp3) is 0.114. The Labute approximate surface area is 524 Å². The van der Waals surface area contributed by atoms with Gasteiger partial charge in [0.25, 0.3) is 0 Å². The second-order valence-corrected chi connectivity index (χ2v) is 23.6. The summed E-state index contributed by atoms with van der Waals surface area (Å²) in [5.74, 6) is -10.8. The summed E-state index contributed by atoms with van der Waals surface area (Å²) in [7, 11) is 0. The van der Waals surface area contributed by atoms with Crippen LogP contribution in [0.5, 0.6) is 11.5 Å². The zero-order chi connectivity index (χ0) is 64.4. The summed E-state index contributed by atoms with van der Waals surface area (Å²) in [5, 5.41) is 0. The van der Waals surface area contributed by atoms with Crippen LogP contribution in [0.1, 0.15) is 86.1 Å². The number of hydrogen-bond donors (Lipinski definition) is 0. The van der Waals surface area contributed by atoms with Crippen molar-refractivity contribution in [1.29, 1.82) is 0 Å². The Morgan fingerprint density at radius 2 is 0.685 bits per heavy atom. The second-order valence-electron chi connectivity index (χ2n) is 21.4. The van der Waals surface area contributed by atoms with Crippen molar-refractivity contribution >= 4 is 93.0 Å². The standard InChI is InChI=1S/C70H40F6O14S2/c71-69(72,73)41-21-23-45-47(25-41)57(77)59(79)49(45)27-43-29-55-61(91-43)51-32-54-52(31-53(51)67(89-55,63(81)85-33-37-13-5-1-6-14-37)64(82)86-34-38-15-7-2-8-16-38)62-56(30-44(92-62)28-50-46-24-22-42(70(74,75)76)26-48(46)58(78)60(50)80)90-68(54,65(83)87-35-39-17-9-3-10-18-39)66(84)88-36-40-19-11-4-12-20-40/h1-32H,33-36H2/b49-27-,50-28-. The normalized spacial score (nSPS) is 15.7. The minimum atomic E-state index is -4.87. The first-order valence-electron chi connectivity index (χ1n) is 27.9. The van der Waals surface area contributed by atoms with Gasteiger partial charge in [-0.05, 0) is 94.1 Å². The summed E-state index contributed by atoms with van der Waals surface area (Å²) in [4.78, 5) is 117. The number of hydrogen-bond acceptors (Lipinski definition) is 16. The Bertz CT molecular complexity index is 4260. The number of ether oxygens (including phenoxy) is 6. The number of carbonyl (C=O) groups is 8. The van der Waals surface area contributed by atoms with Gasteiger partial charge in [0.05, 0.1) is 20.9 Å². The number of allylic oxidation sites excluding steroid dienone is 2. The minimum absolute atomic E-state index is 0.0322. The van der Waals surface area contributed by atoms with Crippen LogP contribution in [-0.4, -0.2) is 47.0 Å². The van der Waals surface area contributed by atoms with E-state index in [1.54, 1.807) is 121 Å². The Hall–Kier alpha value is -10.8. The SMILES string of the molecule is O=C1C(=O)c2cc(C(F)(F)F)ccc2/C1=C/c1cc2c(s1)-c1cc3c(cc1C(C(=O)OCc1ccccc1)(C(=O)OCc1ccccc1)O2)-c1sc(/C=C2\C(=O)C(=O)c4cc(C(F)(F)F)ccc42)cc1OC3(C(=O)OCc1ccccc1)C(=O)OCc1ccccc1. The van der Waals surface area contributed by atoms with Crippen LogP contribution in [0.25, 0.3) is 44.2 Å². The second kappa shape index (κ2) is 23.2. The van der Waals surface area contributed by atoms with Gasteiger partial charge in [0.2, 0.25) is 23.1 Å². The average Bonchev–Trinajstić information content (AvgIpc) is 1.10. The number of rotatable bonds is 14. The third-order valence-electron chi connectivity index (χ3n) is 15.6. The smallest absolute Gasteiger partial charge is 0.416 e. The molecule has 4 aliphatic rings. The van der Waals surface area contributed by atoms with Crippen molar-refractivity contribution in [2.24, 2.45) is 0 Å². The van der Waals surface area contributed by atoms with Crippen molar-refractivity contribution in [2.75, 3.05) is 0 Å². The van der Waals surface area contributed by atoms with Crippen LogP contribution in [0.3, 0.4) is 0 Å². The highest BCUT2D eigenvalue weighted by molar-refractivity contribution is 7.17. The molecule has 22 heteroatoms.